The molecule has 0 saturated heterocycles. The summed E-state index contributed by atoms with van der Waals surface area (Å²) < 4.78 is 0. The zero-order valence-corrected chi connectivity index (χ0v) is 11.9. The number of aliphatic hydroxyl groups excluding tert-OH is 1. The molecule has 0 aromatic heterocycles. The van der Waals surface area contributed by atoms with E-state index in [1.807, 2.05) is 6.92 Å². The molecular formula is C14H22OSe. The van der Waals surface area contributed by atoms with Crippen molar-refractivity contribution in [3.05, 3.63) is 35.9 Å². The van der Waals surface area contributed by atoms with Gasteiger partial charge in [-0.3, -0.25) is 0 Å². The van der Waals surface area contributed by atoms with E-state index in [-0.39, 0.29) is 6.10 Å². The number of aryl methyl sites for hydroxylation is 1. The second kappa shape index (κ2) is 7.89. The third kappa shape index (κ3) is 5.69. The van der Waals surface area contributed by atoms with Gasteiger partial charge in [-0.05, 0) is 0 Å². The van der Waals surface area contributed by atoms with E-state index in [0.29, 0.717) is 5.92 Å². The summed E-state index contributed by atoms with van der Waals surface area (Å²) in [6.07, 6.45) is 3.17. The van der Waals surface area contributed by atoms with E-state index in [0.717, 1.165) is 27.8 Å². The van der Waals surface area contributed by atoms with Gasteiger partial charge in [-0.2, -0.15) is 0 Å². The van der Waals surface area contributed by atoms with Gasteiger partial charge in [0, 0.05) is 0 Å². The first-order valence-electron chi connectivity index (χ1n) is 5.93. The number of hydrogen-bond donors (Lipinski definition) is 1. The number of aliphatic hydroxyl groups is 1. The maximum absolute atomic E-state index is 9.45. The van der Waals surface area contributed by atoms with Crippen molar-refractivity contribution in [1.82, 2.24) is 0 Å². The monoisotopic (exact) mass is 286 g/mol. The SMILES string of the molecule is C[Se]CC(CCc1ccccc1)CC(C)O. The molecule has 90 valence electrons. The first-order valence-corrected chi connectivity index (χ1v) is 8.85. The molecule has 2 heteroatoms. The topological polar surface area (TPSA) is 20.2 Å². The minimum absolute atomic E-state index is 0.150. The second-order valence-electron chi connectivity index (χ2n) is 4.43. The predicted molar refractivity (Wildman–Crippen MR) is 71.0 cm³/mol. The summed E-state index contributed by atoms with van der Waals surface area (Å²) in [5.74, 6) is 2.98. The summed E-state index contributed by atoms with van der Waals surface area (Å²) >= 11 is 0.718. The van der Waals surface area contributed by atoms with Crippen LogP contribution in [0.1, 0.15) is 25.3 Å². The van der Waals surface area contributed by atoms with Crippen molar-refractivity contribution in [3.8, 4) is 0 Å². The minimum atomic E-state index is -0.150. The van der Waals surface area contributed by atoms with Crippen molar-refractivity contribution >= 4 is 15.0 Å². The molecule has 1 aromatic rings. The molecule has 1 nitrogen and oxygen atoms in total. The fourth-order valence-corrected chi connectivity index (χ4v) is 3.63. The average molecular weight is 285 g/mol. The van der Waals surface area contributed by atoms with Gasteiger partial charge in [0.05, 0.1) is 0 Å². The van der Waals surface area contributed by atoms with Crippen molar-refractivity contribution in [2.24, 2.45) is 5.92 Å². The molecule has 0 heterocycles. The van der Waals surface area contributed by atoms with Crippen molar-refractivity contribution in [1.29, 1.82) is 0 Å². The van der Waals surface area contributed by atoms with Crippen molar-refractivity contribution < 1.29 is 5.11 Å². The van der Waals surface area contributed by atoms with E-state index in [1.54, 1.807) is 0 Å². The van der Waals surface area contributed by atoms with Gasteiger partial charge in [0.15, 0.2) is 0 Å². The molecule has 1 rings (SSSR count). The standard InChI is InChI=1S/C14H22OSe/c1-12(15)10-14(11-16-2)9-8-13-6-4-3-5-7-13/h3-7,12,14-15H,8-11H2,1-2H3. The first-order chi connectivity index (χ1) is 7.72. The van der Waals surface area contributed by atoms with E-state index < -0.39 is 0 Å². The Balaban J connectivity index is 2.37. The molecule has 0 radical (unpaired) electrons. The molecular weight excluding hydrogens is 263 g/mol. The molecule has 0 spiro atoms. The van der Waals surface area contributed by atoms with Crippen LogP contribution in [0.5, 0.6) is 0 Å². The van der Waals surface area contributed by atoms with Crippen LogP contribution in [0.4, 0.5) is 0 Å². The van der Waals surface area contributed by atoms with Crippen LogP contribution in [0.2, 0.25) is 11.1 Å². The van der Waals surface area contributed by atoms with Crippen LogP contribution in [0.25, 0.3) is 0 Å². The normalized spacial score (nSPS) is 14.7. The molecule has 16 heavy (non-hydrogen) atoms. The molecule has 1 N–H and O–H groups in total. The van der Waals surface area contributed by atoms with Gasteiger partial charge in [0.25, 0.3) is 0 Å². The second-order valence-corrected chi connectivity index (χ2v) is 6.34. The molecule has 0 aliphatic rings. The molecule has 0 fully saturated rings. The summed E-state index contributed by atoms with van der Waals surface area (Å²) in [4.78, 5) is 0. The van der Waals surface area contributed by atoms with Crippen LogP contribution < -0.4 is 0 Å². The van der Waals surface area contributed by atoms with Gasteiger partial charge in [-0.1, -0.05) is 0 Å². The number of rotatable bonds is 7. The zero-order valence-electron chi connectivity index (χ0n) is 10.2. The van der Waals surface area contributed by atoms with Crippen molar-refractivity contribution in [2.45, 2.75) is 43.4 Å². The van der Waals surface area contributed by atoms with E-state index in [4.69, 9.17) is 0 Å². The van der Waals surface area contributed by atoms with Gasteiger partial charge < -0.3 is 0 Å². The van der Waals surface area contributed by atoms with E-state index >= 15 is 0 Å². The summed E-state index contributed by atoms with van der Waals surface area (Å²) in [6.45, 7) is 1.90. The molecule has 0 aliphatic heterocycles. The molecule has 0 saturated carbocycles. The summed E-state index contributed by atoms with van der Waals surface area (Å²) in [5.41, 5.74) is 1.42. The maximum atomic E-state index is 9.45. The molecule has 0 amide bonds. The van der Waals surface area contributed by atoms with Crippen LogP contribution in [0, 0.1) is 5.92 Å². The molecule has 0 aliphatic carbocycles. The zero-order chi connectivity index (χ0) is 11.8. The molecule has 2 atom stereocenters. The van der Waals surface area contributed by atoms with Crippen LogP contribution >= 0.6 is 0 Å². The Labute approximate surface area is 105 Å². The number of hydrogen-bond acceptors (Lipinski definition) is 1. The summed E-state index contributed by atoms with van der Waals surface area (Å²) in [6, 6.07) is 10.6. The van der Waals surface area contributed by atoms with E-state index in [1.165, 1.54) is 17.3 Å². The third-order valence-corrected chi connectivity index (χ3v) is 4.45. The Bertz CT molecular complexity index is 271. The summed E-state index contributed by atoms with van der Waals surface area (Å²) in [7, 11) is 0. The Morgan fingerprint density at radius 1 is 1.25 bits per heavy atom. The first kappa shape index (κ1) is 13.8. The fraction of sp³-hybridized carbons (Fsp3) is 0.571. The van der Waals surface area contributed by atoms with Crippen LogP contribution in [0.15, 0.2) is 30.3 Å². The van der Waals surface area contributed by atoms with Crippen molar-refractivity contribution in [3.63, 3.8) is 0 Å². The Kier molecular flexibility index (Phi) is 6.79. The summed E-state index contributed by atoms with van der Waals surface area (Å²) in [5, 5.41) is 10.7. The van der Waals surface area contributed by atoms with Gasteiger partial charge in [0.1, 0.15) is 0 Å². The van der Waals surface area contributed by atoms with Crippen LogP contribution in [0.3, 0.4) is 0 Å². The Hall–Kier alpha value is -0.301. The van der Waals surface area contributed by atoms with Gasteiger partial charge >= 0.3 is 105 Å². The Morgan fingerprint density at radius 2 is 1.94 bits per heavy atom. The fourth-order valence-electron chi connectivity index (χ4n) is 2.00. The third-order valence-electron chi connectivity index (χ3n) is 2.76. The average Bonchev–Trinajstić information content (AvgIpc) is 2.27. The molecule has 0 bridgehead atoms. The number of benzene rings is 1. The van der Waals surface area contributed by atoms with Crippen LogP contribution in [-0.2, 0) is 6.42 Å². The predicted octanol–water partition coefficient (Wildman–Crippen LogP) is 3.18. The van der Waals surface area contributed by atoms with Crippen LogP contribution in [-0.4, -0.2) is 26.2 Å². The Morgan fingerprint density at radius 3 is 2.50 bits per heavy atom. The van der Waals surface area contributed by atoms with Gasteiger partial charge in [-0.15, -0.1) is 0 Å². The quantitative estimate of drug-likeness (QED) is 0.763. The van der Waals surface area contributed by atoms with Gasteiger partial charge in [0.2, 0.25) is 0 Å². The van der Waals surface area contributed by atoms with E-state index in [2.05, 4.69) is 36.2 Å². The van der Waals surface area contributed by atoms with E-state index in [9.17, 15) is 5.11 Å². The molecule has 2 unspecified atom stereocenters. The van der Waals surface area contributed by atoms with Gasteiger partial charge in [-0.25, -0.2) is 0 Å². The molecule has 1 aromatic carbocycles. The van der Waals surface area contributed by atoms with Crippen molar-refractivity contribution in [2.75, 3.05) is 0 Å².